The molecule has 1 unspecified atom stereocenters. The number of carbonyl (C=O) groups is 1. The molecule has 1 aromatic rings. The smallest absolute Gasteiger partial charge is 0.310 e. The number of aliphatic carboxylic acids is 1. The molecule has 0 saturated carbocycles. The van der Waals surface area contributed by atoms with Gasteiger partial charge in [0.05, 0.1) is 5.92 Å². The SMILES string of the molecule is C=CCN(C)C(=S)Nc1ccccc1C(C)C(=O)O. The van der Waals surface area contributed by atoms with Crippen molar-refractivity contribution in [3.8, 4) is 0 Å². The molecule has 0 aliphatic carbocycles. The highest BCUT2D eigenvalue weighted by Crippen LogP contribution is 2.24. The maximum absolute atomic E-state index is 11.1. The van der Waals surface area contributed by atoms with Gasteiger partial charge in [0, 0.05) is 19.3 Å². The Morgan fingerprint density at radius 2 is 2.21 bits per heavy atom. The molecule has 0 bridgehead atoms. The molecule has 0 heterocycles. The molecule has 19 heavy (non-hydrogen) atoms. The molecule has 0 saturated heterocycles. The molecular formula is C14H18N2O2S. The van der Waals surface area contributed by atoms with Gasteiger partial charge in [0.15, 0.2) is 5.11 Å². The van der Waals surface area contributed by atoms with E-state index in [1.807, 2.05) is 30.1 Å². The summed E-state index contributed by atoms with van der Waals surface area (Å²) in [5.74, 6) is -1.45. The Labute approximate surface area is 118 Å². The lowest BCUT2D eigenvalue weighted by Gasteiger charge is -2.21. The quantitative estimate of drug-likeness (QED) is 0.640. The van der Waals surface area contributed by atoms with E-state index in [1.54, 1.807) is 19.1 Å². The molecule has 4 nitrogen and oxygen atoms in total. The van der Waals surface area contributed by atoms with E-state index in [0.29, 0.717) is 17.2 Å². The van der Waals surface area contributed by atoms with Crippen LogP contribution < -0.4 is 5.32 Å². The van der Waals surface area contributed by atoms with Crippen LogP contribution in [-0.4, -0.2) is 34.7 Å². The zero-order valence-corrected chi connectivity index (χ0v) is 11.9. The predicted molar refractivity (Wildman–Crippen MR) is 81.5 cm³/mol. The fraction of sp³-hybridized carbons (Fsp3) is 0.286. The number of nitrogens with one attached hydrogen (secondary N) is 1. The lowest BCUT2D eigenvalue weighted by atomic mass is 9.99. The molecule has 0 fully saturated rings. The van der Waals surface area contributed by atoms with Crippen molar-refractivity contribution in [1.82, 2.24) is 4.90 Å². The van der Waals surface area contributed by atoms with Gasteiger partial charge in [0.25, 0.3) is 0 Å². The standard InChI is InChI=1S/C14H18N2O2S/c1-4-9-16(3)14(19)15-12-8-6-5-7-11(12)10(2)13(17)18/h4-8,10H,1,9H2,2-3H3,(H,15,19)(H,17,18). The largest absolute Gasteiger partial charge is 0.481 e. The van der Waals surface area contributed by atoms with Crippen LogP contribution in [0.25, 0.3) is 0 Å². The lowest BCUT2D eigenvalue weighted by molar-refractivity contribution is -0.138. The first kappa shape index (κ1) is 15.2. The molecule has 0 aliphatic heterocycles. The maximum atomic E-state index is 11.1. The van der Waals surface area contributed by atoms with Crippen LogP contribution in [0.15, 0.2) is 36.9 Å². The van der Waals surface area contributed by atoms with Crippen molar-refractivity contribution in [3.63, 3.8) is 0 Å². The van der Waals surface area contributed by atoms with Crippen LogP contribution in [0, 0.1) is 0 Å². The minimum Gasteiger partial charge on any atom is -0.481 e. The third-order valence-corrected chi connectivity index (χ3v) is 3.20. The fourth-order valence-electron chi connectivity index (χ4n) is 1.61. The summed E-state index contributed by atoms with van der Waals surface area (Å²) in [5, 5.41) is 12.7. The predicted octanol–water partition coefficient (Wildman–Crippen LogP) is 2.69. The van der Waals surface area contributed by atoms with E-state index in [1.165, 1.54) is 0 Å². The molecule has 0 aliphatic rings. The van der Waals surface area contributed by atoms with Gasteiger partial charge in [-0.2, -0.15) is 0 Å². The van der Waals surface area contributed by atoms with Gasteiger partial charge < -0.3 is 15.3 Å². The Morgan fingerprint density at radius 3 is 2.79 bits per heavy atom. The third-order valence-electron chi connectivity index (χ3n) is 2.79. The monoisotopic (exact) mass is 278 g/mol. The Morgan fingerprint density at radius 1 is 1.58 bits per heavy atom. The first-order chi connectivity index (χ1) is 8.97. The molecule has 5 heteroatoms. The number of hydrogen-bond donors (Lipinski definition) is 2. The molecule has 2 N–H and O–H groups in total. The third kappa shape index (κ3) is 4.06. The summed E-state index contributed by atoms with van der Waals surface area (Å²) in [7, 11) is 1.85. The van der Waals surface area contributed by atoms with Crippen molar-refractivity contribution in [3.05, 3.63) is 42.5 Å². The van der Waals surface area contributed by atoms with Crippen molar-refractivity contribution in [2.45, 2.75) is 12.8 Å². The fourth-order valence-corrected chi connectivity index (χ4v) is 1.79. The molecule has 0 amide bonds. The highest BCUT2D eigenvalue weighted by atomic mass is 32.1. The van der Waals surface area contributed by atoms with Gasteiger partial charge in [-0.05, 0) is 30.8 Å². The van der Waals surface area contributed by atoms with Crippen LogP contribution in [0.4, 0.5) is 5.69 Å². The zero-order valence-electron chi connectivity index (χ0n) is 11.1. The van der Waals surface area contributed by atoms with Crippen LogP contribution in [0.5, 0.6) is 0 Å². The van der Waals surface area contributed by atoms with E-state index >= 15 is 0 Å². The van der Waals surface area contributed by atoms with Gasteiger partial charge in [0.2, 0.25) is 0 Å². The molecule has 102 valence electrons. The summed E-state index contributed by atoms with van der Waals surface area (Å²) < 4.78 is 0. The summed E-state index contributed by atoms with van der Waals surface area (Å²) >= 11 is 5.26. The van der Waals surface area contributed by atoms with Crippen molar-refractivity contribution in [2.24, 2.45) is 0 Å². The average Bonchev–Trinajstić information content (AvgIpc) is 2.38. The van der Waals surface area contributed by atoms with Crippen LogP contribution >= 0.6 is 12.2 Å². The number of nitrogens with zero attached hydrogens (tertiary/aromatic N) is 1. The van der Waals surface area contributed by atoms with Crippen molar-refractivity contribution < 1.29 is 9.90 Å². The second-order valence-electron chi connectivity index (χ2n) is 4.25. The van der Waals surface area contributed by atoms with Crippen LogP contribution in [0.1, 0.15) is 18.4 Å². The molecular weight excluding hydrogens is 260 g/mol. The van der Waals surface area contributed by atoms with Crippen LogP contribution in [-0.2, 0) is 4.79 Å². The molecule has 1 aromatic carbocycles. The number of carboxylic acid groups (broad SMARTS) is 1. The van der Waals surface area contributed by atoms with Gasteiger partial charge in [-0.15, -0.1) is 6.58 Å². The number of likely N-dealkylation sites (N-methyl/N-ethyl adjacent to an activating group) is 1. The van der Waals surface area contributed by atoms with Gasteiger partial charge >= 0.3 is 5.97 Å². The first-order valence-electron chi connectivity index (χ1n) is 5.92. The number of para-hydroxylation sites is 1. The van der Waals surface area contributed by atoms with Crippen molar-refractivity contribution >= 4 is 29.0 Å². The Balaban J connectivity index is 2.92. The molecule has 1 atom stereocenters. The number of thiocarbonyl (C=S) groups is 1. The van der Waals surface area contributed by atoms with E-state index in [2.05, 4.69) is 11.9 Å². The summed E-state index contributed by atoms with van der Waals surface area (Å²) in [4.78, 5) is 12.9. The van der Waals surface area contributed by atoms with Crippen molar-refractivity contribution in [2.75, 3.05) is 18.9 Å². The average molecular weight is 278 g/mol. The summed E-state index contributed by atoms with van der Waals surface area (Å²) in [6.45, 7) is 5.93. The Hall–Kier alpha value is -1.88. The van der Waals surface area contributed by atoms with E-state index in [0.717, 1.165) is 5.69 Å². The number of hydrogen-bond acceptors (Lipinski definition) is 2. The zero-order chi connectivity index (χ0) is 14.4. The molecule has 0 aromatic heterocycles. The van der Waals surface area contributed by atoms with Crippen LogP contribution in [0.2, 0.25) is 0 Å². The van der Waals surface area contributed by atoms with E-state index in [-0.39, 0.29) is 0 Å². The summed E-state index contributed by atoms with van der Waals surface area (Å²) in [5.41, 5.74) is 1.43. The minimum absolute atomic E-state index is 0.532. The van der Waals surface area contributed by atoms with Gasteiger partial charge in [0.1, 0.15) is 0 Å². The topological polar surface area (TPSA) is 52.6 Å². The molecule has 1 rings (SSSR count). The van der Waals surface area contributed by atoms with Crippen molar-refractivity contribution in [1.29, 1.82) is 0 Å². The van der Waals surface area contributed by atoms with E-state index in [9.17, 15) is 4.79 Å². The number of rotatable bonds is 5. The Bertz CT molecular complexity index is 488. The van der Waals surface area contributed by atoms with E-state index < -0.39 is 11.9 Å². The maximum Gasteiger partial charge on any atom is 0.310 e. The second-order valence-corrected chi connectivity index (χ2v) is 4.63. The van der Waals surface area contributed by atoms with E-state index in [4.69, 9.17) is 17.3 Å². The second kappa shape index (κ2) is 6.89. The van der Waals surface area contributed by atoms with Gasteiger partial charge in [-0.3, -0.25) is 4.79 Å². The number of anilines is 1. The minimum atomic E-state index is -0.861. The van der Waals surface area contributed by atoms with Gasteiger partial charge in [-0.25, -0.2) is 0 Å². The lowest BCUT2D eigenvalue weighted by Crippen LogP contribution is -2.31. The summed E-state index contributed by atoms with van der Waals surface area (Å²) in [6.07, 6.45) is 1.75. The molecule has 0 radical (unpaired) electrons. The first-order valence-corrected chi connectivity index (χ1v) is 6.33. The Kier molecular flexibility index (Phi) is 5.51. The number of benzene rings is 1. The van der Waals surface area contributed by atoms with Gasteiger partial charge in [-0.1, -0.05) is 24.3 Å². The normalized spacial score (nSPS) is 11.5. The molecule has 0 spiro atoms. The highest BCUT2D eigenvalue weighted by molar-refractivity contribution is 7.80. The number of carboxylic acids is 1. The highest BCUT2D eigenvalue weighted by Gasteiger charge is 2.17. The summed E-state index contributed by atoms with van der Waals surface area (Å²) in [6, 6.07) is 7.27. The van der Waals surface area contributed by atoms with Crippen LogP contribution in [0.3, 0.4) is 0 Å².